The van der Waals surface area contributed by atoms with Crippen LogP contribution in [0.5, 0.6) is 11.5 Å². The normalized spacial score (nSPS) is 16.5. The predicted octanol–water partition coefficient (Wildman–Crippen LogP) is 3.76. The number of fused-ring (bicyclic) bond motifs is 1. The van der Waals surface area contributed by atoms with E-state index in [1.54, 1.807) is 0 Å². The zero-order chi connectivity index (χ0) is 14.1. The van der Waals surface area contributed by atoms with E-state index in [4.69, 9.17) is 0 Å². The Kier molecular flexibility index (Phi) is 3.42. The fourth-order valence-electron chi connectivity index (χ4n) is 1.58. The summed E-state index contributed by atoms with van der Waals surface area (Å²) in [4.78, 5) is 0. The van der Waals surface area contributed by atoms with Crippen molar-refractivity contribution in [1.82, 2.24) is 0 Å². The van der Waals surface area contributed by atoms with Crippen molar-refractivity contribution in [2.24, 2.45) is 0 Å². The van der Waals surface area contributed by atoms with Gasteiger partial charge >= 0.3 is 12.5 Å². The number of hydrogen-bond donors (Lipinski definition) is 1. The molecule has 0 saturated carbocycles. The number of alkyl halides is 5. The van der Waals surface area contributed by atoms with Crippen LogP contribution in [0.25, 0.3) is 0 Å². The van der Waals surface area contributed by atoms with Gasteiger partial charge in [0.1, 0.15) is 0 Å². The third-order valence-corrected chi connectivity index (χ3v) is 2.37. The Morgan fingerprint density at radius 2 is 1.79 bits per heavy atom. The van der Waals surface area contributed by atoms with Crippen molar-refractivity contribution in [2.75, 3.05) is 11.9 Å². The minimum Gasteiger partial charge on any atom is -0.395 e. The number of ether oxygens (including phenoxy) is 2. The maximum atomic E-state index is 12.7. The molecule has 0 radical (unpaired) electrons. The summed E-state index contributed by atoms with van der Waals surface area (Å²) in [5, 5.41) is 2.69. The van der Waals surface area contributed by atoms with Crippen LogP contribution in [-0.4, -0.2) is 19.0 Å². The highest BCUT2D eigenvalue weighted by molar-refractivity contribution is 5.55. The van der Waals surface area contributed by atoms with Crippen LogP contribution in [0.2, 0.25) is 0 Å². The molecule has 1 N–H and O–H groups in total. The van der Waals surface area contributed by atoms with E-state index in [1.165, 1.54) is 18.2 Å². The Labute approximate surface area is 105 Å². The van der Waals surface area contributed by atoms with Gasteiger partial charge in [0.15, 0.2) is 11.5 Å². The van der Waals surface area contributed by atoms with Crippen LogP contribution < -0.4 is 14.8 Å². The van der Waals surface area contributed by atoms with Gasteiger partial charge in [0.25, 0.3) is 0 Å². The topological polar surface area (TPSA) is 30.5 Å². The van der Waals surface area contributed by atoms with Crippen molar-refractivity contribution in [1.29, 1.82) is 0 Å². The summed E-state index contributed by atoms with van der Waals surface area (Å²) in [6.07, 6.45) is -8.90. The minimum absolute atomic E-state index is 0.0789. The fraction of sp³-hybridized carbons (Fsp3) is 0.455. The summed E-state index contributed by atoms with van der Waals surface area (Å²) in [6.45, 7) is 0.0789. The summed E-state index contributed by atoms with van der Waals surface area (Å²) in [5.41, 5.74) is 0.391. The zero-order valence-corrected chi connectivity index (χ0v) is 9.56. The SMILES string of the molecule is FC(F)(F)CCCNc1ccc2c(c1)OC(F)(F)O2. The van der Waals surface area contributed by atoms with Gasteiger partial charge in [0, 0.05) is 24.7 Å². The van der Waals surface area contributed by atoms with Crippen LogP contribution >= 0.6 is 0 Å². The maximum absolute atomic E-state index is 12.7. The van der Waals surface area contributed by atoms with Crippen molar-refractivity contribution in [3.63, 3.8) is 0 Å². The number of rotatable bonds is 4. The Bertz CT molecular complexity index is 461. The van der Waals surface area contributed by atoms with Crippen molar-refractivity contribution in [2.45, 2.75) is 25.3 Å². The smallest absolute Gasteiger partial charge is 0.395 e. The average molecular weight is 283 g/mol. The molecule has 0 unspecified atom stereocenters. The molecule has 0 bridgehead atoms. The van der Waals surface area contributed by atoms with E-state index in [0.717, 1.165) is 0 Å². The highest BCUT2D eigenvalue weighted by atomic mass is 19.4. The molecule has 1 aromatic carbocycles. The van der Waals surface area contributed by atoms with Crippen molar-refractivity contribution < 1.29 is 31.4 Å². The molecule has 0 spiro atoms. The summed E-state index contributed by atoms with van der Waals surface area (Å²) < 4.78 is 69.5. The molecule has 19 heavy (non-hydrogen) atoms. The van der Waals surface area contributed by atoms with Crippen molar-refractivity contribution in [3.05, 3.63) is 18.2 Å². The summed E-state index contributed by atoms with van der Waals surface area (Å²) in [7, 11) is 0. The highest BCUT2D eigenvalue weighted by Crippen LogP contribution is 2.42. The Hall–Kier alpha value is -1.73. The maximum Gasteiger partial charge on any atom is 0.586 e. The van der Waals surface area contributed by atoms with Gasteiger partial charge in [0.05, 0.1) is 0 Å². The van der Waals surface area contributed by atoms with Gasteiger partial charge in [-0.25, -0.2) is 0 Å². The first-order valence-corrected chi connectivity index (χ1v) is 5.46. The number of hydrogen-bond acceptors (Lipinski definition) is 3. The second-order valence-electron chi connectivity index (χ2n) is 3.97. The lowest BCUT2D eigenvalue weighted by Crippen LogP contribution is -2.25. The standard InChI is InChI=1S/C11H10F5NO2/c12-10(13,14)4-1-5-17-7-2-3-8-9(6-7)19-11(15,16)18-8/h2-3,6,17H,1,4-5H2. The van der Waals surface area contributed by atoms with E-state index >= 15 is 0 Å². The zero-order valence-electron chi connectivity index (χ0n) is 9.56. The molecule has 1 aliphatic heterocycles. The highest BCUT2D eigenvalue weighted by Gasteiger charge is 2.43. The van der Waals surface area contributed by atoms with Crippen LogP contribution in [0.4, 0.5) is 27.6 Å². The Morgan fingerprint density at radius 1 is 1.11 bits per heavy atom. The molecule has 2 rings (SSSR count). The van der Waals surface area contributed by atoms with Crippen LogP contribution in [0, 0.1) is 0 Å². The van der Waals surface area contributed by atoms with Crippen LogP contribution in [0.15, 0.2) is 18.2 Å². The largest absolute Gasteiger partial charge is 0.586 e. The van der Waals surface area contributed by atoms with Crippen LogP contribution in [0.3, 0.4) is 0 Å². The van der Waals surface area contributed by atoms with Gasteiger partial charge in [-0.2, -0.15) is 13.2 Å². The first-order chi connectivity index (χ1) is 8.75. The van der Waals surface area contributed by atoms with Gasteiger partial charge in [-0.05, 0) is 18.6 Å². The minimum atomic E-state index is -4.20. The monoisotopic (exact) mass is 283 g/mol. The van der Waals surface area contributed by atoms with Gasteiger partial charge < -0.3 is 14.8 Å². The van der Waals surface area contributed by atoms with Gasteiger partial charge in [-0.3, -0.25) is 0 Å². The molecular formula is C11H10F5NO2. The summed E-state index contributed by atoms with van der Waals surface area (Å²) >= 11 is 0. The average Bonchev–Trinajstić information content (AvgIpc) is 2.56. The molecule has 0 atom stereocenters. The number of benzene rings is 1. The quantitative estimate of drug-likeness (QED) is 0.674. The van der Waals surface area contributed by atoms with E-state index < -0.39 is 18.9 Å². The molecule has 106 valence electrons. The molecule has 1 aliphatic rings. The first kappa shape index (κ1) is 13.7. The number of halogens is 5. The van der Waals surface area contributed by atoms with Gasteiger partial charge in [-0.15, -0.1) is 8.78 Å². The fourth-order valence-corrected chi connectivity index (χ4v) is 1.58. The van der Waals surface area contributed by atoms with E-state index in [2.05, 4.69) is 14.8 Å². The third kappa shape index (κ3) is 3.87. The molecule has 1 aromatic rings. The lowest BCUT2D eigenvalue weighted by molar-refractivity contribution is -0.286. The molecule has 0 amide bonds. The van der Waals surface area contributed by atoms with E-state index in [9.17, 15) is 22.0 Å². The molecule has 3 nitrogen and oxygen atoms in total. The molecule has 0 aromatic heterocycles. The number of nitrogens with one attached hydrogen (secondary N) is 1. The lowest BCUT2D eigenvalue weighted by Gasteiger charge is -2.08. The van der Waals surface area contributed by atoms with Crippen molar-refractivity contribution >= 4 is 5.69 Å². The second kappa shape index (κ2) is 4.75. The first-order valence-electron chi connectivity index (χ1n) is 5.46. The molecule has 0 fully saturated rings. The van der Waals surface area contributed by atoms with Gasteiger partial charge in [-0.1, -0.05) is 0 Å². The molecular weight excluding hydrogens is 273 g/mol. The molecule has 8 heteroatoms. The molecule has 0 aliphatic carbocycles. The van der Waals surface area contributed by atoms with E-state index in [-0.39, 0.29) is 24.5 Å². The predicted molar refractivity (Wildman–Crippen MR) is 56.4 cm³/mol. The van der Waals surface area contributed by atoms with E-state index in [0.29, 0.717) is 5.69 Å². The lowest BCUT2D eigenvalue weighted by atomic mass is 10.2. The molecule has 0 saturated heterocycles. The summed E-state index contributed by atoms with van der Waals surface area (Å²) in [6, 6.07) is 3.95. The second-order valence-corrected chi connectivity index (χ2v) is 3.97. The number of anilines is 1. The Balaban J connectivity index is 1.87. The van der Waals surface area contributed by atoms with Gasteiger partial charge in [0.2, 0.25) is 0 Å². The van der Waals surface area contributed by atoms with Crippen LogP contribution in [0.1, 0.15) is 12.8 Å². The third-order valence-electron chi connectivity index (χ3n) is 2.37. The van der Waals surface area contributed by atoms with Crippen molar-refractivity contribution in [3.8, 4) is 11.5 Å². The summed E-state index contributed by atoms with van der Waals surface area (Å²) in [5.74, 6) is -0.253. The van der Waals surface area contributed by atoms with Crippen LogP contribution in [-0.2, 0) is 0 Å². The molecule has 1 heterocycles. The van der Waals surface area contributed by atoms with E-state index in [1.807, 2.05) is 0 Å². The Morgan fingerprint density at radius 3 is 2.47 bits per heavy atom.